The molecule has 27 heavy (non-hydrogen) atoms. The summed E-state index contributed by atoms with van der Waals surface area (Å²) in [5, 5.41) is 3.18. The number of nitrogens with one attached hydrogen (secondary N) is 1. The zero-order chi connectivity index (χ0) is 19.6. The lowest BCUT2D eigenvalue weighted by Gasteiger charge is -2.35. The number of carbonyl (C=O) groups is 2. The Kier molecular flexibility index (Phi) is 6.05. The van der Waals surface area contributed by atoms with E-state index in [1.54, 1.807) is 12.1 Å². The van der Waals surface area contributed by atoms with E-state index in [2.05, 4.69) is 5.32 Å². The van der Waals surface area contributed by atoms with Crippen LogP contribution < -0.4 is 5.32 Å². The largest absolute Gasteiger partial charge is 0.326 e. The molecule has 0 bridgehead atoms. The van der Waals surface area contributed by atoms with Gasteiger partial charge in [-0.2, -0.15) is 4.31 Å². The van der Waals surface area contributed by atoms with Gasteiger partial charge in [-0.1, -0.05) is 24.9 Å². The minimum Gasteiger partial charge on any atom is -0.326 e. The van der Waals surface area contributed by atoms with Crippen LogP contribution in [0.5, 0.6) is 0 Å². The maximum atomic E-state index is 12.7. The van der Waals surface area contributed by atoms with E-state index in [1.165, 1.54) is 21.3 Å². The molecule has 1 aromatic carbocycles. The van der Waals surface area contributed by atoms with Gasteiger partial charge in [0.15, 0.2) is 0 Å². The summed E-state index contributed by atoms with van der Waals surface area (Å²) in [4.78, 5) is 27.7. The second-order valence-corrected chi connectivity index (χ2v) is 9.05. The van der Waals surface area contributed by atoms with E-state index >= 15 is 0 Å². The van der Waals surface area contributed by atoms with Gasteiger partial charge in [-0.3, -0.25) is 9.69 Å². The van der Waals surface area contributed by atoms with Crippen LogP contribution in [-0.4, -0.2) is 73.4 Å². The molecule has 1 aromatic rings. The first-order chi connectivity index (χ1) is 12.8. The highest BCUT2D eigenvalue weighted by Gasteiger charge is 2.39. The Morgan fingerprint density at radius 2 is 1.74 bits per heavy atom. The maximum absolute atomic E-state index is 12.7. The number of piperazine rings is 1. The highest BCUT2D eigenvalue weighted by atomic mass is 35.5. The van der Waals surface area contributed by atoms with Crippen LogP contribution in [0.2, 0.25) is 5.02 Å². The van der Waals surface area contributed by atoms with Crippen molar-refractivity contribution in [3.8, 4) is 0 Å². The summed E-state index contributed by atoms with van der Waals surface area (Å²) < 4.78 is 26.8. The summed E-state index contributed by atoms with van der Waals surface area (Å²) in [6.07, 6.45) is 1.43. The quantitative estimate of drug-likeness (QED) is 0.709. The Bertz CT molecular complexity index is 807. The number of hydrogen-bond donors (Lipinski definition) is 1. The lowest BCUT2D eigenvalue weighted by molar-refractivity contribution is -0.129. The fourth-order valence-corrected chi connectivity index (χ4v) is 4.81. The molecule has 0 unspecified atom stereocenters. The summed E-state index contributed by atoms with van der Waals surface area (Å²) in [6, 6.07) is 5.25. The van der Waals surface area contributed by atoms with Crippen molar-refractivity contribution in [3.63, 3.8) is 0 Å². The summed E-state index contributed by atoms with van der Waals surface area (Å²) in [5.74, 6) is -0.210. The van der Waals surface area contributed by atoms with E-state index in [9.17, 15) is 18.0 Å². The fourth-order valence-electron chi connectivity index (χ4n) is 3.26. The van der Waals surface area contributed by atoms with Crippen molar-refractivity contribution in [3.05, 3.63) is 29.3 Å². The van der Waals surface area contributed by atoms with Gasteiger partial charge in [0.25, 0.3) is 5.91 Å². The number of halogens is 1. The average Bonchev–Trinajstić information content (AvgIpc) is 2.90. The molecule has 1 N–H and O–H groups in total. The van der Waals surface area contributed by atoms with E-state index < -0.39 is 16.1 Å². The zero-order valence-corrected chi connectivity index (χ0v) is 16.7. The van der Waals surface area contributed by atoms with Crippen LogP contribution in [0.25, 0.3) is 0 Å². The third kappa shape index (κ3) is 4.26. The molecule has 2 heterocycles. The normalized spacial score (nSPS) is 22.3. The Morgan fingerprint density at radius 3 is 2.33 bits per heavy atom. The minimum atomic E-state index is -3.58. The van der Waals surface area contributed by atoms with Crippen molar-refractivity contribution in [1.82, 2.24) is 19.4 Å². The first-order valence-corrected chi connectivity index (χ1v) is 10.7. The van der Waals surface area contributed by atoms with Gasteiger partial charge in [0.05, 0.1) is 11.6 Å². The number of hydrogen-bond acceptors (Lipinski definition) is 5. The van der Waals surface area contributed by atoms with Crippen molar-refractivity contribution >= 4 is 33.6 Å². The van der Waals surface area contributed by atoms with E-state index in [0.29, 0.717) is 37.6 Å². The number of imide groups is 1. The molecule has 10 heteroatoms. The summed E-state index contributed by atoms with van der Waals surface area (Å²) in [7, 11) is -3.58. The fraction of sp³-hybridized carbons (Fsp3) is 0.529. The number of carbonyl (C=O) groups excluding carboxylic acids is 2. The molecule has 0 aromatic heterocycles. The van der Waals surface area contributed by atoms with Crippen molar-refractivity contribution in [1.29, 1.82) is 0 Å². The molecule has 0 saturated carbocycles. The van der Waals surface area contributed by atoms with E-state index in [-0.39, 0.29) is 23.5 Å². The van der Waals surface area contributed by atoms with Crippen molar-refractivity contribution < 1.29 is 18.0 Å². The molecule has 0 spiro atoms. The minimum absolute atomic E-state index is 0.180. The first-order valence-electron chi connectivity index (χ1n) is 8.93. The number of rotatable bonds is 6. The van der Waals surface area contributed by atoms with Crippen molar-refractivity contribution in [2.75, 3.05) is 32.8 Å². The van der Waals surface area contributed by atoms with Gasteiger partial charge >= 0.3 is 6.03 Å². The summed E-state index contributed by atoms with van der Waals surface area (Å²) in [5.41, 5.74) is 0. The molecule has 3 rings (SSSR count). The van der Waals surface area contributed by atoms with Gasteiger partial charge in [-0.05, 0) is 30.7 Å². The number of urea groups is 1. The Morgan fingerprint density at radius 1 is 1.11 bits per heavy atom. The molecule has 2 aliphatic rings. The molecule has 3 amide bonds. The summed E-state index contributed by atoms with van der Waals surface area (Å²) in [6.45, 7) is 3.63. The molecule has 2 fully saturated rings. The maximum Gasteiger partial charge on any atom is 0.325 e. The van der Waals surface area contributed by atoms with Gasteiger partial charge in [-0.25, -0.2) is 18.1 Å². The van der Waals surface area contributed by atoms with Gasteiger partial charge in [0.1, 0.15) is 6.04 Å². The van der Waals surface area contributed by atoms with Crippen LogP contribution in [0.1, 0.15) is 19.8 Å². The van der Waals surface area contributed by atoms with Crippen LogP contribution in [0.15, 0.2) is 29.2 Å². The predicted octanol–water partition coefficient (Wildman–Crippen LogP) is 1.32. The Labute approximate surface area is 164 Å². The molecule has 2 saturated heterocycles. The second kappa shape index (κ2) is 8.14. The third-order valence-corrected chi connectivity index (χ3v) is 6.97. The van der Waals surface area contributed by atoms with Crippen molar-refractivity contribution in [2.24, 2.45) is 0 Å². The van der Waals surface area contributed by atoms with Gasteiger partial charge in [0.2, 0.25) is 10.0 Å². The van der Waals surface area contributed by atoms with Crippen LogP contribution >= 0.6 is 11.6 Å². The van der Waals surface area contributed by atoms with E-state index in [1.807, 2.05) is 11.8 Å². The summed E-state index contributed by atoms with van der Waals surface area (Å²) >= 11 is 5.82. The topological polar surface area (TPSA) is 90.0 Å². The molecular weight excluding hydrogens is 392 g/mol. The highest BCUT2D eigenvalue weighted by Crippen LogP contribution is 2.20. The Balaban J connectivity index is 1.58. The molecule has 148 valence electrons. The van der Waals surface area contributed by atoms with Crippen LogP contribution in [-0.2, 0) is 14.8 Å². The SMILES string of the molecule is CCC[C@@H]1NC(=O)N(CN2CCN(S(=O)(=O)c3ccc(Cl)cc3)CC2)C1=O. The highest BCUT2D eigenvalue weighted by molar-refractivity contribution is 7.89. The molecule has 8 nitrogen and oxygen atoms in total. The zero-order valence-electron chi connectivity index (χ0n) is 15.1. The van der Waals surface area contributed by atoms with E-state index in [4.69, 9.17) is 11.6 Å². The first kappa shape index (κ1) is 20.1. The lowest BCUT2D eigenvalue weighted by Crippen LogP contribution is -2.52. The second-order valence-electron chi connectivity index (χ2n) is 6.67. The number of benzene rings is 1. The predicted molar refractivity (Wildman–Crippen MR) is 101 cm³/mol. The monoisotopic (exact) mass is 414 g/mol. The number of nitrogens with zero attached hydrogens (tertiary/aromatic N) is 3. The van der Waals surface area contributed by atoms with Gasteiger partial charge in [-0.15, -0.1) is 0 Å². The van der Waals surface area contributed by atoms with Gasteiger partial charge < -0.3 is 5.32 Å². The van der Waals surface area contributed by atoms with Gasteiger partial charge in [0, 0.05) is 31.2 Å². The van der Waals surface area contributed by atoms with Crippen LogP contribution in [0, 0.1) is 0 Å². The molecule has 0 radical (unpaired) electrons. The smallest absolute Gasteiger partial charge is 0.325 e. The standard InChI is InChI=1S/C17H23ClN4O4S/c1-2-3-15-16(23)22(17(24)19-15)12-20-8-10-21(11-9-20)27(25,26)14-6-4-13(18)5-7-14/h4-7,15H,2-3,8-12H2,1H3,(H,19,24)/t15-/m0/s1. The Hall–Kier alpha value is -1.68. The molecule has 2 aliphatic heterocycles. The number of amides is 3. The molecular formula is C17H23ClN4O4S. The van der Waals surface area contributed by atoms with Crippen LogP contribution in [0.4, 0.5) is 4.79 Å². The average molecular weight is 415 g/mol. The van der Waals surface area contributed by atoms with Crippen LogP contribution in [0.3, 0.4) is 0 Å². The lowest BCUT2D eigenvalue weighted by atomic mass is 10.2. The number of sulfonamides is 1. The van der Waals surface area contributed by atoms with E-state index in [0.717, 1.165) is 6.42 Å². The molecule has 0 aliphatic carbocycles. The van der Waals surface area contributed by atoms with Crippen molar-refractivity contribution in [2.45, 2.75) is 30.7 Å². The molecule has 1 atom stereocenters. The third-order valence-electron chi connectivity index (χ3n) is 4.81.